The molecule has 0 aliphatic rings. The maximum absolute atomic E-state index is 11.8. The molecule has 3 nitrogen and oxygen atoms in total. The number of carbonyl (C=O) groups excluding carboxylic acids is 1. The van der Waals surface area contributed by atoms with Crippen LogP contribution in [-0.2, 0) is 17.8 Å². The largest absolute Gasteiger partial charge is 0.399 e. The van der Waals surface area contributed by atoms with Crippen molar-refractivity contribution in [2.45, 2.75) is 19.9 Å². The zero-order chi connectivity index (χ0) is 13.0. The maximum Gasteiger partial charge on any atom is 0.224 e. The highest BCUT2D eigenvalue weighted by Gasteiger charge is 2.05. The van der Waals surface area contributed by atoms with Crippen LogP contribution in [0, 0.1) is 6.92 Å². The molecule has 1 aromatic heterocycles. The Bertz CT molecular complexity index is 548. The standard InChI is InChI=1S/C14H16N2OS/c1-10-5-6-18-13(10)9-16-14(17)8-11-3-2-4-12(15)7-11/h2-7H,8-9,15H2,1H3,(H,16,17). The first-order valence-electron chi connectivity index (χ1n) is 5.79. The first kappa shape index (κ1) is 12.6. The van der Waals surface area contributed by atoms with E-state index in [0.29, 0.717) is 18.7 Å². The normalized spacial score (nSPS) is 10.3. The maximum atomic E-state index is 11.8. The summed E-state index contributed by atoms with van der Waals surface area (Å²) in [5, 5.41) is 4.96. The van der Waals surface area contributed by atoms with Gasteiger partial charge in [0.2, 0.25) is 5.91 Å². The van der Waals surface area contributed by atoms with E-state index in [0.717, 1.165) is 5.56 Å². The number of nitrogens with two attached hydrogens (primary N) is 1. The van der Waals surface area contributed by atoms with Crippen molar-refractivity contribution in [3.63, 3.8) is 0 Å². The molecule has 2 aromatic rings. The fourth-order valence-corrected chi connectivity index (χ4v) is 2.56. The third-order valence-corrected chi connectivity index (χ3v) is 3.75. The van der Waals surface area contributed by atoms with E-state index in [1.54, 1.807) is 11.3 Å². The molecule has 0 saturated carbocycles. The highest BCUT2D eigenvalue weighted by molar-refractivity contribution is 7.10. The molecule has 94 valence electrons. The molecule has 3 N–H and O–H groups in total. The van der Waals surface area contributed by atoms with Gasteiger partial charge in [0.25, 0.3) is 0 Å². The van der Waals surface area contributed by atoms with Crippen molar-refractivity contribution >= 4 is 22.9 Å². The number of nitrogens with one attached hydrogen (secondary N) is 1. The molecule has 18 heavy (non-hydrogen) atoms. The molecule has 0 spiro atoms. The smallest absolute Gasteiger partial charge is 0.224 e. The van der Waals surface area contributed by atoms with Crippen molar-refractivity contribution in [1.82, 2.24) is 5.32 Å². The monoisotopic (exact) mass is 260 g/mol. The minimum Gasteiger partial charge on any atom is -0.399 e. The average Bonchev–Trinajstić information content (AvgIpc) is 2.72. The van der Waals surface area contributed by atoms with E-state index in [1.165, 1.54) is 10.4 Å². The van der Waals surface area contributed by atoms with Gasteiger partial charge in [-0.15, -0.1) is 11.3 Å². The van der Waals surface area contributed by atoms with E-state index in [-0.39, 0.29) is 5.91 Å². The Morgan fingerprint density at radius 2 is 2.22 bits per heavy atom. The lowest BCUT2D eigenvalue weighted by Crippen LogP contribution is -2.24. The topological polar surface area (TPSA) is 55.1 Å². The zero-order valence-corrected chi connectivity index (χ0v) is 11.1. The number of hydrogen-bond donors (Lipinski definition) is 2. The van der Waals surface area contributed by atoms with Crippen molar-refractivity contribution < 1.29 is 4.79 Å². The molecule has 4 heteroatoms. The quantitative estimate of drug-likeness (QED) is 0.830. The number of benzene rings is 1. The van der Waals surface area contributed by atoms with Crippen LogP contribution in [0.3, 0.4) is 0 Å². The summed E-state index contributed by atoms with van der Waals surface area (Å²) < 4.78 is 0. The van der Waals surface area contributed by atoms with E-state index < -0.39 is 0 Å². The van der Waals surface area contributed by atoms with Crippen molar-refractivity contribution in [3.8, 4) is 0 Å². The second-order valence-corrected chi connectivity index (χ2v) is 5.23. The van der Waals surface area contributed by atoms with E-state index in [2.05, 4.69) is 18.3 Å². The minimum absolute atomic E-state index is 0.0217. The van der Waals surface area contributed by atoms with Crippen LogP contribution < -0.4 is 11.1 Å². The van der Waals surface area contributed by atoms with Gasteiger partial charge in [-0.1, -0.05) is 12.1 Å². The molecule has 2 rings (SSSR count). The molecule has 0 fully saturated rings. The first-order valence-corrected chi connectivity index (χ1v) is 6.67. The summed E-state index contributed by atoms with van der Waals surface area (Å²) in [6.45, 7) is 2.65. The minimum atomic E-state index is 0.0217. The summed E-state index contributed by atoms with van der Waals surface area (Å²) in [4.78, 5) is 13.0. The van der Waals surface area contributed by atoms with Crippen molar-refractivity contribution in [2.75, 3.05) is 5.73 Å². The Kier molecular flexibility index (Phi) is 3.99. The van der Waals surface area contributed by atoms with Gasteiger partial charge in [-0.2, -0.15) is 0 Å². The molecule has 0 bridgehead atoms. The molecular formula is C14H16N2OS. The van der Waals surface area contributed by atoms with Crippen LogP contribution in [-0.4, -0.2) is 5.91 Å². The number of thiophene rings is 1. The molecule has 0 saturated heterocycles. The van der Waals surface area contributed by atoms with Crippen LogP contribution in [0.25, 0.3) is 0 Å². The van der Waals surface area contributed by atoms with Gasteiger partial charge < -0.3 is 11.1 Å². The van der Waals surface area contributed by atoms with Crippen LogP contribution in [0.1, 0.15) is 16.0 Å². The molecule has 0 atom stereocenters. The number of hydrogen-bond acceptors (Lipinski definition) is 3. The Balaban J connectivity index is 1.88. The summed E-state index contributed by atoms with van der Waals surface area (Å²) in [6.07, 6.45) is 0.370. The number of nitrogen functional groups attached to an aromatic ring is 1. The van der Waals surface area contributed by atoms with Gasteiger partial charge in [0.05, 0.1) is 13.0 Å². The number of aryl methyl sites for hydroxylation is 1. The highest BCUT2D eigenvalue weighted by Crippen LogP contribution is 2.15. The Morgan fingerprint density at radius 1 is 1.39 bits per heavy atom. The Morgan fingerprint density at radius 3 is 2.89 bits per heavy atom. The SMILES string of the molecule is Cc1ccsc1CNC(=O)Cc1cccc(N)c1. The van der Waals surface area contributed by atoms with E-state index in [9.17, 15) is 4.79 Å². The molecule has 1 heterocycles. The van der Waals surface area contributed by atoms with Gasteiger partial charge in [0.1, 0.15) is 0 Å². The van der Waals surface area contributed by atoms with E-state index in [4.69, 9.17) is 5.73 Å². The molecule has 0 radical (unpaired) electrons. The molecule has 0 aliphatic heterocycles. The van der Waals surface area contributed by atoms with Crippen LogP contribution in [0.15, 0.2) is 35.7 Å². The van der Waals surface area contributed by atoms with Crippen LogP contribution in [0.4, 0.5) is 5.69 Å². The molecular weight excluding hydrogens is 244 g/mol. The van der Waals surface area contributed by atoms with Gasteiger partial charge in [0, 0.05) is 10.6 Å². The summed E-state index contributed by atoms with van der Waals surface area (Å²) in [5.41, 5.74) is 8.53. The third-order valence-electron chi connectivity index (χ3n) is 2.73. The van der Waals surface area contributed by atoms with Gasteiger partial charge >= 0.3 is 0 Å². The fourth-order valence-electron chi connectivity index (χ4n) is 1.72. The van der Waals surface area contributed by atoms with Crippen molar-refractivity contribution in [3.05, 3.63) is 51.7 Å². The van der Waals surface area contributed by atoms with E-state index >= 15 is 0 Å². The lowest BCUT2D eigenvalue weighted by Gasteiger charge is -2.05. The van der Waals surface area contributed by atoms with Crippen LogP contribution in [0.5, 0.6) is 0 Å². The lowest BCUT2D eigenvalue weighted by molar-refractivity contribution is -0.120. The number of anilines is 1. The Labute approximate surface area is 111 Å². The van der Waals surface area contributed by atoms with Crippen LogP contribution in [0.2, 0.25) is 0 Å². The predicted octanol–water partition coefficient (Wildman–Crippen LogP) is 2.50. The summed E-state index contributed by atoms with van der Waals surface area (Å²) in [5.74, 6) is 0.0217. The predicted molar refractivity (Wildman–Crippen MR) is 75.5 cm³/mol. The van der Waals surface area contributed by atoms with Gasteiger partial charge in [-0.05, 0) is 41.6 Å². The van der Waals surface area contributed by atoms with Gasteiger partial charge in [-0.3, -0.25) is 4.79 Å². The second-order valence-electron chi connectivity index (χ2n) is 4.23. The Hall–Kier alpha value is -1.81. The van der Waals surface area contributed by atoms with Gasteiger partial charge in [-0.25, -0.2) is 0 Å². The van der Waals surface area contributed by atoms with Crippen molar-refractivity contribution in [2.24, 2.45) is 0 Å². The van der Waals surface area contributed by atoms with E-state index in [1.807, 2.05) is 29.6 Å². The van der Waals surface area contributed by atoms with Crippen molar-refractivity contribution in [1.29, 1.82) is 0 Å². The summed E-state index contributed by atoms with van der Waals surface area (Å²) in [7, 11) is 0. The second kappa shape index (κ2) is 5.69. The zero-order valence-electron chi connectivity index (χ0n) is 10.3. The first-order chi connectivity index (χ1) is 8.65. The summed E-state index contributed by atoms with van der Waals surface area (Å²) >= 11 is 1.67. The third kappa shape index (κ3) is 3.34. The highest BCUT2D eigenvalue weighted by atomic mass is 32.1. The molecule has 0 aliphatic carbocycles. The lowest BCUT2D eigenvalue weighted by atomic mass is 10.1. The molecule has 0 unspecified atom stereocenters. The number of amides is 1. The van der Waals surface area contributed by atoms with Crippen LogP contribution >= 0.6 is 11.3 Å². The number of carbonyl (C=O) groups is 1. The average molecular weight is 260 g/mol. The fraction of sp³-hybridized carbons (Fsp3) is 0.214. The molecule has 1 aromatic carbocycles. The molecule has 1 amide bonds. The number of rotatable bonds is 4. The van der Waals surface area contributed by atoms with Gasteiger partial charge in [0.15, 0.2) is 0 Å². The summed E-state index contributed by atoms with van der Waals surface area (Å²) in [6, 6.07) is 9.48.